The Morgan fingerprint density at radius 1 is 1.40 bits per heavy atom. The Morgan fingerprint density at radius 2 is 2.15 bits per heavy atom. The van der Waals surface area contributed by atoms with Gasteiger partial charge in [-0.3, -0.25) is 10.1 Å². The van der Waals surface area contributed by atoms with Crippen molar-refractivity contribution in [2.24, 2.45) is 11.8 Å². The van der Waals surface area contributed by atoms with E-state index in [0.717, 1.165) is 19.4 Å². The quantitative estimate of drug-likeness (QED) is 0.869. The molecule has 3 nitrogen and oxygen atoms in total. The summed E-state index contributed by atoms with van der Waals surface area (Å²) in [7, 11) is 0. The van der Waals surface area contributed by atoms with Crippen LogP contribution in [-0.4, -0.2) is 23.4 Å². The van der Waals surface area contributed by atoms with E-state index in [0.29, 0.717) is 11.8 Å². The van der Waals surface area contributed by atoms with Gasteiger partial charge in [-0.2, -0.15) is 0 Å². The van der Waals surface area contributed by atoms with Gasteiger partial charge in [-0.15, -0.1) is 11.3 Å². The Bertz CT molecular complexity index is 430. The van der Waals surface area contributed by atoms with Gasteiger partial charge in [-0.25, -0.2) is 0 Å². The highest BCUT2D eigenvalue weighted by Crippen LogP contribution is 2.31. The lowest BCUT2D eigenvalue weighted by molar-refractivity contribution is -0.130. The summed E-state index contributed by atoms with van der Waals surface area (Å²) < 4.78 is 0. The molecule has 1 aromatic heterocycles. The minimum absolute atomic E-state index is 0.00791. The van der Waals surface area contributed by atoms with Crippen LogP contribution in [0.2, 0.25) is 0 Å². The van der Waals surface area contributed by atoms with Crippen molar-refractivity contribution in [3.63, 3.8) is 0 Å². The second-order valence-electron chi connectivity index (χ2n) is 6.14. The highest BCUT2D eigenvalue weighted by molar-refractivity contribution is 7.10. The van der Waals surface area contributed by atoms with E-state index in [4.69, 9.17) is 0 Å². The molecule has 0 aliphatic carbocycles. The van der Waals surface area contributed by atoms with Gasteiger partial charge in [0.2, 0.25) is 5.91 Å². The number of nitrogens with zero attached hydrogens (tertiary/aromatic N) is 1. The minimum Gasteiger partial charge on any atom is -0.320 e. The molecule has 1 amide bonds. The van der Waals surface area contributed by atoms with Gasteiger partial charge in [0.25, 0.3) is 0 Å². The third-order valence-electron chi connectivity index (χ3n) is 4.26. The van der Waals surface area contributed by atoms with Gasteiger partial charge in [0.1, 0.15) is 6.17 Å². The van der Waals surface area contributed by atoms with Gasteiger partial charge >= 0.3 is 0 Å². The molecule has 1 fully saturated rings. The topological polar surface area (TPSA) is 32.3 Å². The number of nitrogens with one attached hydrogen (secondary N) is 1. The zero-order chi connectivity index (χ0) is 14.7. The van der Waals surface area contributed by atoms with Crippen LogP contribution in [0, 0.1) is 11.8 Å². The molecule has 2 heterocycles. The second kappa shape index (κ2) is 6.72. The smallest absolute Gasteiger partial charge is 0.241 e. The monoisotopic (exact) mass is 294 g/mol. The Morgan fingerprint density at radius 3 is 2.70 bits per heavy atom. The first kappa shape index (κ1) is 15.5. The summed E-state index contributed by atoms with van der Waals surface area (Å²) in [5.41, 5.74) is 0. The van der Waals surface area contributed by atoms with Crippen molar-refractivity contribution in [1.29, 1.82) is 0 Å². The number of amides is 1. The second-order valence-corrected chi connectivity index (χ2v) is 7.12. The van der Waals surface area contributed by atoms with Gasteiger partial charge in [0.05, 0.1) is 6.04 Å². The van der Waals surface area contributed by atoms with Gasteiger partial charge in [-0.1, -0.05) is 40.2 Å². The Hall–Kier alpha value is -0.870. The molecule has 3 atom stereocenters. The van der Waals surface area contributed by atoms with Gasteiger partial charge in [-0.05, 0) is 29.7 Å². The molecule has 0 spiro atoms. The molecule has 1 aliphatic rings. The third-order valence-corrected chi connectivity index (χ3v) is 5.19. The highest BCUT2D eigenvalue weighted by atomic mass is 32.1. The normalized spacial score (nSPS) is 24.6. The lowest BCUT2D eigenvalue weighted by Crippen LogP contribution is -2.35. The average Bonchev–Trinajstić information content (AvgIpc) is 3.02. The largest absolute Gasteiger partial charge is 0.320 e. The fraction of sp³-hybridized carbons (Fsp3) is 0.688. The van der Waals surface area contributed by atoms with Crippen LogP contribution < -0.4 is 5.32 Å². The minimum atomic E-state index is -0.00791. The molecule has 3 unspecified atom stereocenters. The van der Waals surface area contributed by atoms with Crippen molar-refractivity contribution in [3.8, 4) is 0 Å². The Labute approximate surface area is 126 Å². The predicted octanol–water partition coefficient (Wildman–Crippen LogP) is 3.64. The molecule has 0 saturated carbocycles. The summed E-state index contributed by atoms with van der Waals surface area (Å²) in [6.07, 6.45) is 2.03. The van der Waals surface area contributed by atoms with Crippen LogP contribution in [0.15, 0.2) is 17.5 Å². The predicted molar refractivity (Wildman–Crippen MR) is 84.6 cm³/mol. The fourth-order valence-corrected chi connectivity index (χ4v) is 3.37. The van der Waals surface area contributed by atoms with Crippen LogP contribution in [0.3, 0.4) is 0 Å². The number of carbonyl (C=O) groups excluding carboxylic acids is 1. The standard InChI is InChI=1S/C16H26N2OS/c1-5-7-13-16(19)18(10-12(4)11(2)3)15(17-13)14-8-6-9-20-14/h6,8-9,11-13,15,17H,5,7,10H2,1-4H3. The lowest BCUT2D eigenvalue weighted by Gasteiger charge is -2.28. The summed E-state index contributed by atoms with van der Waals surface area (Å²) in [5, 5.41) is 5.61. The van der Waals surface area contributed by atoms with Crippen molar-refractivity contribution in [2.45, 2.75) is 52.7 Å². The summed E-state index contributed by atoms with van der Waals surface area (Å²) in [6, 6.07) is 4.17. The van der Waals surface area contributed by atoms with E-state index < -0.39 is 0 Å². The molecular formula is C16H26N2OS. The van der Waals surface area contributed by atoms with Crippen molar-refractivity contribution in [3.05, 3.63) is 22.4 Å². The molecule has 0 aromatic carbocycles. The maximum Gasteiger partial charge on any atom is 0.241 e. The maximum atomic E-state index is 12.6. The lowest BCUT2D eigenvalue weighted by atomic mass is 9.97. The molecule has 4 heteroatoms. The van der Waals surface area contributed by atoms with Gasteiger partial charge < -0.3 is 4.90 Å². The van der Waals surface area contributed by atoms with Crippen LogP contribution >= 0.6 is 11.3 Å². The van der Waals surface area contributed by atoms with E-state index in [1.165, 1.54) is 4.88 Å². The number of carbonyl (C=O) groups is 1. The van der Waals surface area contributed by atoms with Crippen molar-refractivity contribution in [1.82, 2.24) is 10.2 Å². The van der Waals surface area contributed by atoms with Crippen molar-refractivity contribution < 1.29 is 4.79 Å². The van der Waals surface area contributed by atoms with E-state index >= 15 is 0 Å². The van der Waals surface area contributed by atoms with Gasteiger partial charge in [0, 0.05) is 11.4 Å². The zero-order valence-electron chi connectivity index (χ0n) is 12.9. The molecule has 2 rings (SSSR count). The average molecular weight is 294 g/mol. The van der Waals surface area contributed by atoms with Crippen LogP contribution in [0.25, 0.3) is 0 Å². The number of hydrogen-bond acceptors (Lipinski definition) is 3. The first-order valence-electron chi connectivity index (χ1n) is 7.64. The Kier molecular flexibility index (Phi) is 5.22. The van der Waals surface area contributed by atoms with Gasteiger partial charge in [0.15, 0.2) is 0 Å². The maximum absolute atomic E-state index is 12.6. The van der Waals surface area contributed by atoms with Crippen LogP contribution in [0.1, 0.15) is 51.6 Å². The van der Waals surface area contributed by atoms with E-state index in [1.807, 2.05) is 0 Å². The van der Waals surface area contributed by atoms with E-state index in [-0.39, 0.29) is 18.1 Å². The van der Waals surface area contributed by atoms with E-state index in [2.05, 4.69) is 55.4 Å². The molecule has 1 N–H and O–H groups in total. The molecule has 0 radical (unpaired) electrons. The first-order chi connectivity index (χ1) is 9.54. The summed E-state index contributed by atoms with van der Waals surface area (Å²) in [4.78, 5) is 15.9. The zero-order valence-corrected chi connectivity index (χ0v) is 13.7. The Balaban J connectivity index is 2.17. The van der Waals surface area contributed by atoms with Crippen molar-refractivity contribution in [2.75, 3.05) is 6.54 Å². The van der Waals surface area contributed by atoms with E-state index in [1.54, 1.807) is 11.3 Å². The molecule has 112 valence electrons. The van der Waals surface area contributed by atoms with E-state index in [9.17, 15) is 4.79 Å². The van der Waals surface area contributed by atoms with Crippen molar-refractivity contribution >= 4 is 17.2 Å². The fourth-order valence-electron chi connectivity index (χ4n) is 2.57. The molecule has 1 aliphatic heterocycles. The van der Waals surface area contributed by atoms with Crippen LogP contribution in [0.4, 0.5) is 0 Å². The molecule has 1 aromatic rings. The molecule has 20 heavy (non-hydrogen) atoms. The molecule has 0 bridgehead atoms. The van der Waals surface area contributed by atoms with Crippen LogP contribution in [0.5, 0.6) is 0 Å². The highest BCUT2D eigenvalue weighted by Gasteiger charge is 2.39. The molecule has 1 saturated heterocycles. The SMILES string of the molecule is CCCC1NC(c2cccs2)N(CC(C)C(C)C)C1=O. The summed E-state index contributed by atoms with van der Waals surface area (Å²) in [5.74, 6) is 1.39. The summed E-state index contributed by atoms with van der Waals surface area (Å²) in [6.45, 7) is 9.65. The number of thiophene rings is 1. The number of hydrogen-bond donors (Lipinski definition) is 1. The third kappa shape index (κ3) is 3.23. The summed E-state index contributed by atoms with van der Waals surface area (Å²) >= 11 is 1.73. The molecular weight excluding hydrogens is 268 g/mol. The van der Waals surface area contributed by atoms with Crippen LogP contribution in [-0.2, 0) is 4.79 Å². The number of rotatable bonds is 6. The first-order valence-corrected chi connectivity index (χ1v) is 8.52.